The maximum Gasteiger partial charge on any atom is 0.418 e. The van der Waals surface area contributed by atoms with E-state index in [1.807, 2.05) is 11.8 Å². The molecule has 1 amide bonds. The van der Waals surface area contributed by atoms with Crippen molar-refractivity contribution < 1.29 is 18.0 Å². The molecule has 2 heterocycles. The fourth-order valence-electron chi connectivity index (χ4n) is 3.33. The molecule has 8 heteroatoms. The molecule has 0 aliphatic carbocycles. The lowest BCUT2D eigenvalue weighted by Crippen LogP contribution is -2.43. The number of halogens is 3. The van der Waals surface area contributed by atoms with Gasteiger partial charge in [-0.15, -0.1) is 10.2 Å². The van der Waals surface area contributed by atoms with Gasteiger partial charge in [0.2, 0.25) is 0 Å². The summed E-state index contributed by atoms with van der Waals surface area (Å²) < 4.78 is 39.2. The van der Waals surface area contributed by atoms with Crippen LogP contribution in [0, 0.1) is 0 Å². The van der Waals surface area contributed by atoms with Crippen LogP contribution in [-0.2, 0) is 6.18 Å². The Hall–Kier alpha value is -2.64. The number of para-hydroxylation sites is 1. The van der Waals surface area contributed by atoms with E-state index in [1.54, 1.807) is 0 Å². The van der Waals surface area contributed by atoms with Gasteiger partial charge >= 0.3 is 6.18 Å². The molecule has 1 N–H and O–H groups in total. The second-order valence-corrected chi connectivity index (χ2v) is 6.53. The average molecular weight is 378 g/mol. The Bertz CT molecular complexity index is 792. The first kappa shape index (κ1) is 19.1. The molecule has 2 aromatic rings. The fourth-order valence-corrected chi connectivity index (χ4v) is 3.33. The SMILES string of the molecule is CCC1CCCCN1C(=O)c1ccc(Nc2ccccc2C(F)(F)F)nn1. The largest absolute Gasteiger partial charge is 0.418 e. The predicted molar refractivity (Wildman–Crippen MR) is 95.7 cm³/mol. The summed E-state index contributed by atoms with van der Waals surface area (Å²) >= 11 is 0. The third-order valence-corrected chi connectivity index (χ3v) is 4.74. The highest BCUT2D eigenvalue weighted by atomic mass is 19.4. The van der Waals surface area contributed by atoms with Crippen LogP contribution in [0.4, 0.5) is 24.7 Å². The van der Waals surface area contributed by atoms with Gasteiger partial charge in [-0.3, -0.25) is 4.79 Å². The number of hydrogen-bond acceptors (Lipinski definition) is 4. The summed E-state index contributed by atoms with van der Waals surface area (Å²) in [5, 5.41) is 10.4. The molecule has 144 valence electrons. The van der Waals surface area contributed by atoms with Gasteiger partial charge in [-0.2, -0.15) is 13.2 Å². The minimum atomic E-state index is -4.48. The molecule has 0 bridgehead atoms. The average Bonchev–Trinajstić information content (AvgIpc) is 2.67. The molecule has 0 spiro atoms. The van der Waals surface area contributed by atoms with Crippen LogP contribution in [0.25, 0.3) is 0 Å². The lowest BCUT2D eigenvalue weighted by Gasteiger charge is -2.34. The minimum Gasteiger partial charge on any atom is -0.338 e. The highest BCUT2D eigenvalue weighted by Crippen LogP contribution is 2.35. The van der Waals surface area contributed by atoms with Crippen molar-refractivity contribution in [2.75, 3.05) is 11.9 Å². The first-order chi connectivity index (χ1) is 12.9. The lowest BCUT2D eigenvalue weighted by atomic mass is 9.99. The number of carbonyl (C=O) groups excluding carboxylic acids is 1. The number of benzene rings is 1. The van der Waals surface area contributed by atoms with E-state index in [-0.39, 0.29) is 29.1 Å². The van der Waals surface area contributed by atoms with Crippen molar-refractivity contribution in [1.82, 2.24) is 15.1 Å². The maximum absolute atomic E-state index is 13.1. The molecule has 5 nitrogen and oxygen atoms in total. The van der Waals surface area contributed by atoms with Crippen molar-refractivity contribution in [3.63, 3.8) is 0 Å². The Kier molecular flexibility index (Phi) is 5.62. The third kappa shape index (κ3) is 4.37. The summed E-state index contributed by atoms with van der Waals surface area (Å²) in [6, 6.07) is 8.31. The second-order valence-electron chi connectivity index (χ2n) is 6.53. The van der Waals surface area contributed by atoms with Crippen LogP contribution in [0.2, 0.25) is 0 Å². The Morgan fingerprint density at radius 1 is 1.19 bits per heavy atom. The van der Waals surface area contributed by atoms with Crippen molar-refractivity contribution in [1.29, 1.82) is 0 Å². The van der Waals surface area contributed by atoms with Gasteiger partial charge in [0.05, 0.1) is 11.3 Å². The van der Waals surface area contributed by atoms with Crippen molar-refractivity contribution in [2.24, 2.45) is 0 Å². The van der Waals surface area contributed by atoms with E-state index >= 15 is 0 Å². The van der Waals surface area contributed by atoms with Gasteiger partial charge in [0.25, 0.3) is 5.91 Å². The molecule has 1 saturated heterocycles. The molecule has 0 saturated carbocycles. The summed E-state index contributed by atoms with van der Waals surface area (Å²) in [5.41, 5.74) is -0.698. The van der Waals surface area contributed by atoms with Gasteiger partial charge in [-0.05, 0) is 49.9 Å². The zero-order valence-corrected chi connectivity index (χ0v) is 15.0. The molecule has 1 unspecified atom stereocenters. The molecule has 3 rings (SSSR count). The molecule has 1 fully saturated rings. The normalized spacial score (nSPS) is 17.6. The second kappa shape index (κ2) is 7.94. The van der Waals surface area contributed by atoms with Crippen LogP contribution < -0.4 is 5.32 Å². The lowest BCUT2D eigenvalue weighted by molar-refractivity contribution is -0.136. The van der Waals surface area contributed by atoms with Crippen molar-refractivity contribution in [3.05, 3.63) is 47.7 Å². The number of carbonyl (C=O) groups is 1. The summed E-state index contributed by atoms with van der Waals surface area (Å²) in [6.45, 7) is 2.74. The number of hydrogen-bond donors (Lipinski definition) is 1. The fraction of sp³-hybridized carbons (Fsp3) is 0.421. The highest BCUT2D eigenvalue weighted by Gasteiger charge is 2.33. The van der Waals surface area contributed by atoms with Crippen molar-refractivity contribution in [2.45, 2.75) is 44.8 Å². The van der Waals surface area contributed by atoms with Gasteiger partial charge in [0.1, 0.15) is 0 Å². The van der Waals surface area contributed by atoms with Gasteiger partial charge in [-0.1, -0.05) is 19.1 Å². The van der Waals surface area contributed by atoms with E-state index in [0.29, 0.717) is 6.54 Å². The highest BCUT2D eigenvalue weighted by molar-refractivity contribution is 5.92. The first-order valence-corrected chi connectivity index (χ1v) is 8.98. The third-order valence-electron chi connectivity index (χ3n) is 4.74. The Labute approximate surface area is 155 Å². The van der Waals surface area contributed by atoms with Crippen LogP contribution in [0.5, 0.6) is 0 Å². The monoisotopic (exact) mass is 378 g/mol. The number of amides is 1. The smallest absolute Gasteiger partial charge is 0.338 e. The first-order valence-electron chi connectivity index (χ1n) is 8.98. The summed E-state index contributed by atoms with van der Waals surface area (Å²) in [6.07, 6.45) is -0.550. The van der Waals surface area contributed by atoms with E-state index in [9.17, 15) is 18.0 Å². The summed E-state index contributed by atoms with van der Waals surface area (Å²) in [7, 11) is 0. The Morgan fingerprint density at radius 2 is 1.96 bits per heavy atom. The standard InChI is InChI=1S/C19H21F3N4O/c1-2-13-7-5-6-12-26(13)18(27)16-10-11-17(25-24-16)23-15-9-4-3-8-14(15)19(20,21)22/h3-4,8-11,13H,2,5-7,12H2,1H3,(H,23,25). The van der Waals surface area contributed by atoms with Crippen LogP contribution in [0.1, 0.15) is 48.7 Å². The molecule has 27 heavy (non-hydrogen) atoms. The Balaban J connectivity index is 1.76. The van der Waals surface area contributed by atoms with E-state index in [4.69, 9.17) is 0 Å². The number of nitrogens with one attached hydrogen (secondary N) is 1. The number of piperidine rings is 1. The quantitative estimate of drug-likeness (QED) is 0.842. The molecule has 0 radical (unpaired) electrons. The molecular formula is C19H21F3N4O. The van der Waals surface area contributed by atoms with E-state index in [1.165, 1.54) is 30.3 Å². The van der Waals surface area contributed by atoms with E-state index in [2.05, 4.69) is 15.5 Å². The maximum atomic E-state index is 13.1. The number of anilines is 2. The number of rotatable bonds is 4. The molecular weight excluding hydrogens is 357 g/mol. The van der Waals surface area contributed by atoms with Gasteiger partial charge in [0, 0.05) is 12.6 Å². The Morgan fingerprint density at radius 3 is 2.63 bits per heavy atom. The number of likely N-dealkylation sites (tertiary alicyclic amines) is 1. The number of alkyl halides is 3. The molecule has 1 aliphatic heterocycles. The molecule has 1 aromatic heterocycles. The van der Waals surface area contributed by atoms with Crippen LogP contribution in [-0.4, -0.2) is 33.6 Å². The van der Waals surface area contributed by atoms with E-state index in [0.717, 1.165) is 31.7 Å². The number of aromatic nitrogens is 2. The van der Waals surface area contributed by atoms with Gasteiger partial charge in [-0.25, -0.2) is 0 Å². The summed E-state index contributed by atoms with van der Waals surface area (Å²) in [5.74, 6) is -0.0368. The van der Waals surface area contributed by atoms with Crippen molar-refractivity contribution in [3.8, 4) is 0 Å². The predicted octanol–water partition coefficient (Wildman–Crippen LogP) is 4.64. The van der Waals surface area contributed by atoms with Gasteiger partial charge in [0.15, 0.2) is 11.5 Å². The molecule has 1 aliphatic rings. The minimum absolute atomic E-state index is 0.111. The van der Waals surface area contributed by atoms with Gasteiger partial charge < -0.3 is 10.2 Å². The van der Waals surface area contributed by atoms with Crippen molar-refractivity contribution >= 4 is 17.4 Å². The van der Waals surface area contributed by atoms with Crippen LogP contribution in [0.15, 0.2) is 36.4 Å². The van der Waals surface area contributed by atoms with Crippen LogP contribution in [0.3, 0.4) is 0 Å². The van der Waals surface area contributed by atoms with E-state index < -0.39 is 11.7 Å². The zero-order chi connectivity index (χ0) is 19.4. The number of nitrogens with zero attached hydrogens (tertiary/aromatic N) is 3. The molecule has 1 aromatic carbocycles. The molecule has 1 atom stereocenters. The zero-order valence-electron chi connectivity index (χ0n) is 15.0. The van der Waals surface area contributed by atoms with Crippen LogP contribution >= 0.6 is 0 Å². The summed E-state index contributed by atoms with van der Waals surface area (Å²) in [4.78, 5) is 14.5. The topological polar surface area (TPSA) is 58.1 Å².